The first-order chi connectivity index (χ1) is 21.3. The van der Waals surface area contributed by atoms with Crippen LogP contribution in [0.3, 0.4) is 0 Å². The third-order valence-electron chi connectivity index (χ3n) is 7.95. The monoisotopic (exact) mass is 628 g/mol. The molecule has 2 aliphatic heterocycles. The molecule has 1 fully saturated rings. The third kappa shape index (κ3) is 6.90. The summed E-state index contributed by atoms with van der Waals surface area (Å²) in [6.45, 7) is 3.64. The van der Waals surface area contributed by atoms with E-state index in [1.54, 1.807) is 49.2 Å². The van der Waals surface area contributed by atoms with Crippen LogP contribution in [0.2, 0.25) is 0 Å². The van der Waals surface area contributed by atoms with E-state index >= 15 is 0 Å². The lowest BCUT2D eigenvalue weighted by Gasteiger charge is -2.45. The average molecular weight is 629 g/mol. The zero-order valence-corrected chi connectivity index (χ0v) is 24.9. The lowest BCUT2D eigenvalue weighted by molar-refractivity contribution is -0.384. The highest BCUT2D eigenvalue weighted by Crippen LogP contribution is 2.45. The fraction of sp³-hybridized carbons (Fsp3) is 0.406. The van der Waals surface area contributed by atoms with E-state index in [1.165, 1.54) is 22.9 Å². The van der Waals surface area contributed by atoms with Gasteiger partial charge in [0.15, 0.2) is 5.75 Å². The van der Waals surface area contributed by atoms with Crippen molar-refractivity contribution in [3.05, 3.63) is 94.3 Å². The topological polar surface area (TPSA) is 123 Å². The number of pyridine rings is 1. The number of nitro groups is 1. The summed E-state index contributed by atoms with van der Waals surface area (Å²) in [6.07, 6.45) is -1.56. The molecular weight excluding hydrogens is 593 g/mol. The molecule has 0 amide bonds. The summed E-state index contributed by atoms with van der Waals surface area (Å²) in [7, 11) is 0. The Kier molecular flexibility index (Phi) is 9.06. The Bertz CT molecular complexity index is 1630. The molecule has 4 heterocycles. The van der Waals surface area contributed by atoms with E-state index in [0.717, 1.165) is 11.6 Å². The number of nitro benzene ring substituents is 1. The molecule has 6 rings (SSSR count). The van der Waals surface area contributed by atoms with Gasteiger partial charge in [-0.1, -0.05) is 30.3 Å². The second-order valence-corrected chi connectivity index (χ2v) is 11.7. The number of halogens is 3. The van der Waals surface area contributed by atoms with Gasteiger partial charge < -0.3 is 24.3 Å². The molecule has 2 aliphatic rings. The zero-order chi connectivity index (χ0) is 32.4. The molecule has 2 N–H and O–H groups in total. The van der Waals surface area contributed by atoms with E-state index in [0.29, 0.717) is 24.5 Å². The minimum Gasteiger partial charge on any atom is -0.484 e. The fourth-order valence-corrected chi connectivity index (χ4v) is 5.66. The molecule has 0 radical (unpaired) electrons. The van der Waals surface area contributed by atoms with E-state index in [2.05, 4.69) is 4.98 Å². The van der Waals surface area contributed by atoms with Gasteiger partial charge >= 0.3 is 6.18 Å². The predicted octanol–water partition coefficient (Wildman–Crippen LogP) is 5.44. The summed E-state index contributed by atoms with van der Waals surface area (Å²) < 4.78 is 57.8. The number of benzene rings is 2. The smallest absolute Gasteiger partial charge is 0.422 e. The molecule has 0 bridgehead atoms. The van der Waals surface area contributed by atoms with E-state index in [9.17, 15) is 28.4 Å². The molecule has 0 saturated carbocycles. The van der Waals surface area contributed by atoms with Gasteiger partial charge in [-0.15, -0.1) is 0 Å². The summed E-state index contributed by atoms with van der Waals surface area (Å²) in [5, 5.41) is 31.1. The number of aliphatic hydroxyl groups is 2. The highest BCUT2D eigenvalue weighted by molar-refractivity contribution is 5.87. The van der Waals surface area contributed by atoms with Crippen molar-refractivity contribution in [3.8, 4) is 11.6 Å². The van der Waals surface area contributed by atoms with Gasteiger partial charge in [0.05, 0.1) is 10.4 Å². The van der Waals surface area contributed by atoms with Crippen molar-refractivity contribution in [1.29, 1.82) is 0 Å². The lowest BCUT2D eigenvalue weighted by Crippen LogP contribution is -2.57. The average Bonchev–Trinajstić information content (AvgIpc) is 3.36. The van der Waals surface area contributed by atoms with Crippen molar-refractivity contribution in [2.45, 2.75) is 56.7 Å². The Balaban J connectivity index is 0.000000945. The van der Waals surface area contributed by atoms with Crippen LogP contribution in [0.1, 0.15) is 37.8 Å². The van der Waals surface area contributed by atoms with Gasteiger partial charge in [-0.3, -0.25) is 15.0 Å². The number of likely N-dealkylation sites (tertiary alicyclic amines) is 1. The maximum absolute atomic E-state index is 14.8. The highest BCUT2D eigenvalue weighted by atomic mass is 19.4. The Morgan fingerprint density at radius 2 is 1.78 bits per heavy atom. The van der Waals surface area contributed by atoms with Crippen LogP contribution in [-0.4, -0.2) is 73.7 Å². The Labute approximate surface area is 257 Å². The minimum absolute atomic E-state index is 0.103. The maximum atomic E-state index is 14.8. The number of ether oxygens (including phenoxy) is 2. The number of β-amino-alcohol motifs (C(OH)–C–C–N with tert-alkyl or cyclic N) is 1. The fourth-order valence-electron chi connectivity index (χ4n) is 5.66. The molecule has 10 nitrogen and oxygen atoms in total. The van der Waals surface area contributed by atoms with Gasteiger partial charge in [0.25, 0.3) is 11.6 Å². The van der Waals surface area contributed by atoms with Crippen LogP contribution in [0.4, 0.5) is 18.9 Å². The van der Waals surface area contributed by atoms with Gasteiger partial charge in [-0.05, 0) is 37.6 Å². The maximum Gasteiger partial charge on any atom is 0.422 e. The largest absolute Gasteiger partial charge is 0.484 e. The molecule has 1 saturated heterocycles. The standard InChI is InChI=1S/C29H27F3N4O5.C3H8O/c30-29(31,32)28(37,18-34-13-10-27(11-14-34)19-40-25-7-4-12-33-26(25)41-27)23-17-35(16-20-5-2-1-3-6-20)24-15-21(36(38)39)8-9-22(23)24;1-3(2)4/h1-9,12,15,17,37H,10-11,13-14,16,18-19H2;3-4H,1-2H3. The molecule has 1 unspecified atom stereocenters. The number of aliphatic hydroxyl groups excluding tert-OH is 1. The number of hydrogen-bond donors (Lipinski definition) is 2. The van der Waals surface area contributed by atoms with Crippen LogP contribution in [0.15, 0.2) is 73.1 Å². The molecule has 0 aliphatic carbocycles. The second kappa shape index (κ2) is 12.7. The second-order valence-electron chi connectivity index (χ2n) is 11.7. The summed E-state index contributed by atoms with van der Waals surface area (Å²) in [4.78, 5) is 16.7. The normalized spacial score (nSPS) is 17.5. The van der Waals surface area contributed by atoms with Gasteiger partial charge in [-0.25, -0.2) is 4.98 Å². The molecule has 2 aromatic heterocycles. The summed E-state index contributed by atoms with van der Waals surface area (Å²) in [6, 6.07) is 16.2. The first-order valence-electron chi connectivity index (χ1n) is 14.6. The van der Waals surface area contributed by atoms with Crippen LogP contribution in [-0.2, 0) is 12.1 Å². The summed E-state index contributed by atoms with van der Waals surface area (Å²) in [5.41, 5.74) is -3.51. The number of piperidine rings is 1. The van der Waals surface area contributed by atoms with Crippen molar-refractivity contribution in [2.75, 3.05) is 26.2 Å². The zero-order valence-electron chi connectivity index (χ0n) is 24.9. The van der Waals surface area contributed by atoms with Gasteiger partial charge in [0.2, 0.25) is 5.60 Å². The van der Waals surface area contributed by atoms with Gasteiger partial charge in [0, 0.05) is 80.6 Å². The van der Waals surface area contributed by atoms with Crippen molar-refractivity contribution in [2.24, 2.45) is 0 Å². The van der Waals surface area contributed by atoms with Crippen LogP contribution in [0, 0.1) is 10.1 Å². The molecule has 2 aromatic carbocycles. The van der Waals surface area contributed by atoms with Crippen LogP contribution in [0.25, 0.3) is 10.9 Å². The lowest BCUT2D eigenvalue weighted by atomic mass is 9.88. The molecule has 45 heavy (non-hydrogen) atoms. The van der Waals surface area contributed by atoms with Gasteiger partial charge in [-0.2, -0.15) is 13.2 Å². The first-order valence-corrected chi connectivity index (χ1v) is 14.6. The summed E-state index contributed by atoms with van der Waals surface area (Å²) in [5.74, 6) is 0.887. The number of nitrogens with zero attached hydrogens (tertiary/aromatic N) is 4. The molecule has 1 spiro atoms. The number of aromatic nitrogens is 2. The molecule has 1 atom stereocenters. The Morgan fingerprint density at radius 3 is 2.42 bits per heavy atom. The summed E-state index contributed by atoms with van der Waals surface area (Å²) >= 11 is 0. The Morgan fingerprint density at radius 1 is 1.09 bits per heavy atom. The van der Waals surface area contributed by atoms with Gasteiger partial charge in [0.1, 0.15) is 12.2 Å². The highest BCUT2D eigenvalue weighted by Gasteiger charge is 2.57. The van der Waals surface area contributed by atoms with E-state index < -0.39 is 28.8 Å². The molecule has 13 heteroatoms. The quantitative estimate of drug-likeness (QED) is 0.214. The van der Waals surface area contributed by atoms with E-state index in [-0.39, 0.29) is 54.5 Å². The molecule has 240 valence electrons. The third-order valence-corrected chi connectivity index (χ3v) is 7.95. The van der Waals surface area contributed by atoms with Crippen molar-refractivity contribution < 1.29 is 37.8 Å². The van der Waals surface area contributed by atoms with E-state index in [4.69, 9.17) is 14.6 Å². The first kappa shape index (κ1) is 32.2. The SMILES string of the molecule is CC(C)O.O=[N+]([O-])c1ccc2c(C(O)(CN3CCC4(CC3)COc3cccnc3O4)C(F)(F)F)cn(Cc3ccccc3)c2c1. The van der Waals surface area contributed by atoms with Crippen LogP contribution in [0.5, 0.6) is 11.6 Å². The van der Waals surface area contributed by atoms with Crippen LogP contribution < -0.4 is 9.47 Å². The number of rotatable bonds is 6. The van der Waals surface area contributed by atoms with Crippen molar-refractivity contribution >= 4 is 16.6 Å². The number of non-ortho nitro benzene ring substituents is 1. The Hall–Kier alpha value is -4.20. The number of hydrogen-bond acceptors (Lipinski definition) is 8. The predicted molar refractivity (Wildman–Crippen MR) is 160 cm³/mol. The van der Waals surface area contributed by atoms with Crippen molar-refractivity contribution in [1.82, 2.24) is 14.5 Å². The van der Waals surface area contributed by atoms with Crippen LogP contribution >= 0.6 is 0 Å². The number of fused-ring (bicyclic) bond motifs is 2. The van der Waals surface area contributed by atoms with E-state index in [1.807, 2.05) is 18.2 Å². The van der Waals surface area contributed by atoms with Crippen molar-refractivity contribution in [3.63, 3.8) is 0 Å². The number of alkyl halides is 3. The molecule has 4 aromatic rings. The minimum atomic E-state index is -5.02. The molecular formula is C32H35F3N4O6.